The molecule has 2 aliphatic rings. The van der Waals surface area contributed by atoms with Gasteiger partial charge in [0.2, 0.25) is 5.95 Å². The van der Waals surface area contributed by atoms with E-state index in [0.29, 0.717) is 5.69 Å². The van der Waals surface area contributed by atoms with Gasteiger partial charge in [0.25, 0.3) is 5.91 Å². The van der Waals surface area contributed by atoms with Crippen LogP contribution in [-0.4, -0.2) is 55.7 Å². The van der Waals surface area contributed by atoms with Gasteiger partial charge in [0.1, 0.15) is 5.69 Å². The average Bonchev–Trinajstić information content (AvgIpc) is 3.14. The number of carbonyl (C=O) groups is 1. The standard InChI is InChI=1S/C15H18N6O/c1-19-8-3-12(18-19)13(22)20-9-4-15(11-20)5-10-21(15)14-16-6-2-7-17-14/h2-3,6-8H,4-5,9-11H2,1H3. The quantitative estimate of drug-likeness (QED) is 0.816. The molecule has 7 heteroatoms. The second-order valence-corrected chi connectivity index (χ2v) is 6.03. The van der Waals surface area contributed by atoms with Crippen molar-refractivity contribution in [2.45, 2.75) is 18.4 Å². The van der Waals surface area contributed by atoms with Crippen LogP contribution in [0.2, 0.25) is 0 Å². The van der Waals surface area contributed by atoms with Gasteiger partial charge in [-0.2, -0.15) is 5.10 Å². The fraction of sp³-hybridized carbons (Fsp3) is 0.467. The summed E-state index contributed by atoms with van der Waals surface area (Å²) in [6.45, 7) is 2.44. The molecule has 1 unspecified atom stereocenters. The maximum Gasteiger partial charge on any atom is 0.274 e. The number of hydrogen-bond donors (Lipinski definition) is 0. The molecule has 4 rings (SSSR count). The summed E-state index contributed by atoms with van der Waals surface area (Å²) >= 11 is 0. The Kier molecular flexibility index (Phi) is 2.88. The van der Waals surface area contributed by atoms with E-state index >= 15 is 0 Å². The van der Waals surface area contributed by atoms with Gasteiger partial charge in [0.15, 0.2) is 0 Å². The Morgan fingerprint density at radius 1 is 1.23 bits per heavy atom. The van der Waals surface area contributed by atoms with Crippen LogP contribution in [0, 0.1) is 0 Å². The van der Waals surface area contributed by atoms with Crippen molar-refractivity contribution in [1.29, 1.82) is 0 Å². The monoisotopic (exact) mass is 298 g/mol. The highest BCUT2D eigenvalue weighted by Gasteiger charge is 2.51. The van der Waals surface area contributed by atoms with E-state index in [-0.39, 0.29) is 11.4 Å². The molecule has 0 saturated carbocycles. The summed E-state index contributed by atoms with van der Waals surface area (Å²) in [4.78, 5) is 25.4. The third-order valence-electron chi connectivity index (χ3n) is 4.72. The molecule has 0 aromatic carbocycles. The summed E-state index contributed by atoms with van der Waals surface area (Å²) in [7, 11) is 1.82. The van der Waals surface area contributed by atoms with Gasteiger partial charge in [-0.05, 0) is 25.0 Å². The topological polar surface area (TPSA) is 67.2 Å². The van der Waals surface area contributed by atoms with Gasteiger partial charge < -0.3 is 9.80 Å². The summed E-state index contributed by atoms with van der Waals surface area (Å²) in [5.41, 5.74) is 0.521. The van der Waals surface area contributed by atoms with Gasteiger partial charge in [-0.3, -0.25) is 9.48 Å². The van der Waals surface area contributed by atoms with Gasteiger partial charge in [-0.25, -0.2) is 9.97 Å². The molecule has 2 fully saturated rings. The number of carbonyl (C=O) groups excluding carboxylic acids is 1. The summed E-state index contributed by atoms with van der Waals surface area (Å²) in [5.74, 6) is 0.777. The van der Waals surface area contributed by atoms with E-state index in [4.69, 9.17) is 0 Å². The van der Waals surface area contributed by atoms with Gasteiger partial charge >= 0.3 is 0 Å². The molecule has 2 aliphatic heterocycles. The molecule has 0 bridgehead atoms. The zero-order valence-corrected chi connectivity index (χ0v) is 12.5. The van der Waals surface area contributed by atoms with Crippen molar-refractivity contribution in [3.05, 3.63) is 36.4 Å². The first-order chi connectivity index (χ1) is 10.7. The van der Waals surface area contributed by atoms with Gasteiger partial charge in [-0.15, -0.1) is 0 Å². The molecule has 1 amide bonds. The van der Waals surface area contributed by atoms with Crippen LogP contribution in [0.4, 0.5) is 5.95 Å². The zero-order chi connectivity index (χ0) is 15.2. The Balaban J connectivity index is 1.51. The molecule has 0 radical (unpaired) electrons. The molecule has 114 valence electrons. The first-order valence-electron chi connectivity index (χ1n) is 7.52. The number of likely N-dealkylation sites (tertiary alicyclic amines) is 1. The lowest BCUT2D eigenvalue weighted by atomic mass is 9.84. The van der Waals surface area contributed by atoms with E-state index in [1.807, 2.05) is 18.0 Å². The number of hydrogen-bond acceptors (Lipinski definition) is 5. The summed E-state index contributed by atoms with van der Waals surface area (Å²) in [6, 6.07) is 3.59. The number of rotatable bonds is 2. The normalized spacial score (nSPS) is 23.9. The van der Waals surface area contributed by atoms with E-state index in [9.17, 15) is 4.79 Å². The Labute approximate surface area is 128 Å². The van der Waals surface area contributed by atoms with E-state index in [0.717, 1.165) is 38.4 Å². The van der Waals surface area contributed by atoms with Crippen molar-refractivity contribution >= 4 is 11.9 Å². The van der Waals surface area contributed by atoms with Crippen molar-refractivity contribution in [3.8, 4) is 0 Å². The SMILES string of the molecule is Cn1ccc(C(=O)N2CCC3(CCN3c3ncccn3)C2)n1. The summed E-state index contributed by atoms with van der Waals surface area (Å²) in [5, 5.41) is 4.21. The van der Waals surface area contributed by atoms with Crippen molar-refractivity contribution in [2.24, 2.45) is 7.05 Å². The second-order valence-electron chi connectivity index (χ2n) is 6.03. The van der Waals surface area contributed by atoms with Crippen LogP contribution in [0.5, 0.6) is 0 Å². The second kappa shape index (κ2) is 4.79. The molecule has 7 nitrogen and oxygen atoms in total. The van der Waals surface area contributed by atoms with Crippen LogP contribution < -0.4 is 4.90 Å². The van der Waals surface area contributed by atoms with Crippen LogP contribution in [0.1, 0.15) is 23.3 Å². The van der Waals surface area contributed by atoms with Crippen molar-refractivity contribution in [2.75, 3.05) is 24.5 Å². The van der Waals surface area contributed by atoms with E-state index in [1.54, 1.807) is 29.3 Å². The smallest absolute Gasteiger partial charge is 0.274 e. The number of aromatic nitrogens is 4. The minimum Gasteiger partial charge on any atom is -0.335 e. The lowest BCUT2D eigenvalue weighted by Gasteiger charge is -2.50. The van der Waals surface area contributed by atoms with Crippen molar-refractivity contribution < 1.29 is 4.79 Å². The van der Waals surface area contributed by atoms with Crippen LogP contribution in [-0.2, 0) is 7.05 Å². The van der Waals surface area contributed by atoms with Crippen LogP contribution in [0.15, 0.2) is 30.7 Å². The molecule has 0 aliphatic carbocycles. The van der Waals surface area contributed by atoms with Crippen molar-refractivity contribution in [3.63, 3.8) is 0 Å². The number of nitrogens with zero attached hydrogens (tertiary/aromatic N) is 6. The van der Waals surface area contributed by atoms with Gasteiger partial charge in [-0.1, -0.05) is 0 Å². The average molecular weight is 298 g/mol. The molecule has 2 aromatic heterocycles. The van der Waals surface area contributed by atoms with Crippen LogP contribution >= 0.6 is 0 Å². The Morgan fingerprint density at radius 2 is 2.00 bits per heavy atom. The van der Waals surface area contributed by atoms with Gasteiger partial charge in [0, 0.05) is 45.3 Å². The highest BCUT2D eigenvalue weighted by molar-refractivity contribution is 5.92. The third kappa shape index (κ3) is 1.96. The summed E-state index contributed by atoms with van der Waals surface area (Å²) in [6.07, 6.45) is 7.37. The largest absolute Gasteiger partial charge is 0.335 e. The van der Waals surface area contributed by atoms with E-state index < -0.39 is 0 Å². The molecule has 1 spiro atoms. The number of anilines is 1. The lowest BCUT2D eigenvalue weighted by Crippen LogP contribution is -2.62. The van der Waals surface area contributed by atoms with Crippen molar-refractivity contribution in [1.82, 2.24) is 24.6 Å². The predicted molar refractivity (Wildman–Crippen MR) is 80.5 cm³/mol. The van der Waals surface area contributed by atoms with Gasteiger partial charge in [0.05, 0.1) is 5.54 Å². The molecule has 22 heavy (non-hydrogen) atoms. The Bertz CT molecular complexity index is 699. The minimum atomic E-state index is 0.00575. The lowest BCUT2D eigenvalue weighted by molar-refractivity contribution is 0.0769. The molecule has 0 N–H and O–H groups in total. The fourth-order valence-electron chi connectivity index (χ4n) is 3.43. The van der Waals surface area contributed by atoms with E-state index in [2.05, 4.69) is 20.0 Å². The zero-order valence-electron chi connectivity index (χ0n) is 12.5. The molecule has 2 aromatic rings. The Morgan fingerprint density at radius 3 is 2.64 bits per heavy atom. The molecule has 1 atom stereocenters. The minimum absolute atomic E-state index is 0.00575. The number of aryl methyl sites for hydroxylation is 1. The first kappa shape index (κ1) is 13.2. The molecule has 4 heterocycles. The maximum absolute atomic E-state index is 12.5. The summed E-state index contributed by atoms with van der Waals surface area (Å²) < 4.78 is 1.66. The van der Waals surface area contributed by atoms with Crippen LogP contribution in [0.25, 0.3) is 0 Å². The predicted octanol–water partition coefficient (Wildman–Crippen LogP) is 0.705. The van der Waals surface area contributed by atoms with E-state index in [1.165, 1.54) is 0 Å². The highest BCUT2D eigenvalue weighted by atomic mass is 16.2. The molecular formula is C15H18N6O. The number of amides is 1. The fourth-order valence-corrected chi connectivity index (χ4v) is 3.43. The first-order valence-corrected chi connectivity index (χ1v) is 7.52. The molecule has 2 saturated heterocycles. The van der Waals surface area contributed by atoms with Crippen LogP contribution in [0.3, 0.4) is 0 Å². The molecular weight excluding hydrogens is 280 g/mol. The Hall–Kier alpha value is -2.44. The third-order valence-corrected chi connectivity index (χ3v) is 4.72. The maximum atomic E-state index is 12.5. The highest BCUT2D eigenvalue weighted by Crippen LogP contribution is 2.41.